The quantitative estimate of drug-likeness (QED) is 0.394. The van der Waals surface area contributed by atoms with Gasteiger partial charge in [0.15, 0.2) is 0 Å². The van der Waals surface area contributed by atoms with Gasteiger partial charge in [0, 0.05) is 18.7 Å². The first-order valence-corrected chi connectivity index (χ1v) is 11.9. The molecule has 4 rings (SSSR count). The van der Waals surface area contributed by atoms with E-state index in [2.05, 4.69) is 15.4 Å². The molecule has 0 spiro atoms. The van der Waals surface area contributed by atoms with E-state index in [0.717, 1.165) is 31.6 Å². The number of carbonyl (C=O) groups is 2. The maximum atomic E-state index is 13.5. The Morgan fingerprint density at radius 2 is 1.82 bits per heavy atom. The zero-order valence-corrected chi connectivity index (χ0v) is 20.5. The van der Waals surface area contributed by atoms with Crippen LogP contribution in [0.15, 0.2) is 40.9 Å². The molecule has 1 N–H and O–H groups in total. The molecule has 3 aromatic rings. The van der Waals surface area contributed by atoms with Crippen LogP contribution in [0.4, 0.5) is 11.4 Å². The molecule has 0 unspecified atom stereocenters. The van der Waals surface area contributed by atoms with Crippen molar-refractivity contribution in [3.63, 3.8) is 0 Å². The van der Waals surface area contributed by atoms with E-state index < -0.39 is 11.9 Å². The highest BCUT2D eigenvalue weighted by molar-refractivity contribution is 6.39. The van der Waals surface area contributed by atoms with E-state index in [0.29, 0.717) is 32.6 Å². The number of benzene rings is 2. The van der Waals surface area contributed by atoms with Crippen molar-refractivity contribution in [1.29, 1.82) is 0 Å². The average Bonchev–Trinajstić information content (AvgIpc) is 3.20. The first kappa shape index (κ1) is 24.1. The number of hydrogen-bond donors (Lipinski definition) is 1. The lowest BCUT2D eigenvalue weighted by Gasteiger charge is -2.30. The number of carbonyl (C=O) groups excluding carboxylic acids is 2. The predicted octanol–water partition coefficient (Wildman–Crippen LogP) is 6.38. The number of nitrogens with zero attached hydrogens (tertiary/aromatic N) is 2. The van der Waals surface area contributed by atoms with Crippen LogP contribution in [0.3, 0.4) is 0 Å². The van der Waals surface area contributed by atoms with Gasteiger partial charge in [-0.05, 0) is 63.4 Å². The van der Waals surface area contributed by atoms with Crippen LogP contribution < -0.4 is 10.2 Å². The molecule has 0 radical (unpaired) electrons. The summed E-state index contributed by atoms with van der Waals surface area (Å²) in [5, 5.41) is 7.74. The number of amides is 1. The Hall–Kier alpha value is -3.03. The van der Waals surface area contributed by atoms with E-state index in [1.165, 1.54) is 6.42 Å². The van der Waals surface area contributed by atoms with Gasteiger partial charge in [0.05, 0.1) is 33.6 Å². The summed E-state index contributed by atoms with van der Waals surface area (Å²) in [7, 11) is 0. The summed E-state index contributed by atoms with van der Waals surface area (Å²) in [6, 6.07) is 10.3. The van der Waals surface area contributed by atoms with Crippen molar-refractivity contribution in [2.24, 2.45) is 0 Å². The molecule has 1 saturated heterocycles. The molecule has 0 bridgehead atoms. The van der Waals surface area contributed by atoms with Crippen LogP contribution in [0, 0.1) is 6.92 Å². The van der Waals surface area contributed by atoms with Crippen molar-refractivity contribution in [1.82, 2.24) is 5.16 Å². The number of ether oxygens (including phenoxy) is 1. The van der Waals surface area contributed by atoms with Gasteiger partial charge in [-0.1, -0.05) is 34.4 Å². The summed E-state index contributed by atoms with van der Waals surface area (Å²) in [5.41, 5.74) is 2.60. The Labute approximate surface area is 208 Å². The van der Waals surface area contributed by atoms with E-state index in [4.69, 9.17) is 32.5 Å². The van der Waals surface area contributed by atoms with Crippen LogP contribution in [0.2, 0.25) is 10.0 Å². The summed E-state index contributed by atoms with van der Waals surface area (Å²) in [6.07, 6.45) is 3.29. The largest absolute Gasteiger partial charge is 0.462 e. The Bertz CT molecular complexity index is 1200. The van der Waals surface area contributed by atoms with Crippen molar-refractivity contribution in [2.75, 3.05) is 29.9 Å². The minimum atomic E-state index is -0.451. The molecule has 0 saturated carbocycles. The third-order valence-electron chi connectivity index (χ3n) is 5.74. The number of piperidine rings is 1. The van der Waals surface area contributed by atoms with E-state index in [1.807, 2.05) is 6.07 Å². The lowest BCUT2D eigenvalue weighted by Crippen LogP contribution is -2.30. The number of nitrogens with one attached hydrogen (secondary N) is 1. The van der Waals surface area contributed by atoms with Crippen molar-refractivity contribution in [3.05, 3.63) is 63.3 Å². The van der Waals surface area contributed by atoms with Crippen LogP contribution in [0.1, 0.15) is 52.7 Å². The number of aryl methyl sites for hydroxylation is 1. The smallest absolute Gasteiger partial charge is 0.338 e. The molecule has 1 amide bonds. The molecule has 9 heteroatoms. The summed E-state index contributed by atoms with van der Waals surface area (Å²) < 4.78 is 10.5. The van der Waals surface area contributed by atoms with Gasteiger partial charge in [-0.25, -0.2) is 4.79 Å². The second-order valence-corrected chi connectivity index (χ2v) is 8.83. The molecule has 34 heavy (non-hydrogen) atoms. The second-order valence-electron chi connectivity index (χ2n) is 8.01. The fraction of sp³-hybridized carbons (Fsp3) is 0.320. The maximum absolute atomic E-state index is 13.5. The number of hydrogen-bond acceptors (Lipinski definition) is 6. The van der Waals surface area contributed by atoms with Gasteiger partial charge < -0.3 is 19.5 Å². The minimum Gasteiger partial charge on any atom is -0.462 e. The second kappa shape index (κ2) is 10.5. The molecule has 178 valence electrons. The number of rotatable bonds is 6. The molecule has 1 aromatic heterocycles. The molecule has 1 aliphatic heterocycles. The molecular formula is C25H25Cl2N3O4. The van der Waals surface area contributed by atoms with Crippen LogP contribution >= 0.6 is 23.2 Å². The first-order valence-electron chi connectivity index (χ1n) is 11.2. The van der Waals surface area contributed by atoms with Crippen LogP contribution in [-0.4, -0.2) is 36.7 Å². The lowest BCUT2D eigenvalue weighted by molar-refractivity contribution is 0.0526. The SMILES string of the molecule is CCOC(=O)c1ccc(N2CCCCC2)c(NC(=O)c2c(-c3c(Cl)cccc3Cl)noc2C)c1. The van der Waals surface area contributed by atoms with Crippen LogP contribution in [-0.2, 0) is 4.74 Å². The number of anilines is 2. The Morgan fingerprint density at radius 3 is 2.50 bits per heavy atom. The van der Waals surface area contributed by atoms with Gasteiger partial charge in [0.1, 0.15) is 17.0 Å². The number of halogens is 2. The molecule has 0 aliphatic carbocycles. The van der Waals surface area contributed by atoms with Gasteiger partial charge in [-0.15, -0.1) is 0 Å². The highest BCUT2D eigenvalue weighted by Crippen LogP contribution is 2.38. The topological polar surface area (TPSA) is 84.7 Å². The third-order valence-corrected chi connectivity index (χ3v) is 6.37. The highest BCUT2D eigenvalue weighted by Gasteiger charge is 2.26. The molecule has 1 aliphatic rings. The van der Waals surface area contributed by atoms with Crippen molar-refractivity contribution >= 4 is 46.5 Å². The van der Waals surface area contributed by atoms with E-state index in [1.54, 1.807) is 44.2 Å². The summed E-state index contributed by atoms with van der Waals surface area (Å²) in [4.78, 5) is 28.1. The van der Waals surface area contributed by atoms with Crippen molar-refractivity contribution < 1.29 is 18.8 Å². The Kier molecular flexibility index (Phi) is 7.44. The molecule has 1 fully saturated rings. The normalized spacial score (nSPS) is 13.6. The average molecular weight is 502 g/mol. The van der Waals surface area contributed by atoms with Gasteiger partial charge in [-0.2, -0.15) is 0 Å². The fourth-order valence-electron chi connectivity index (χ4n) is 4.11. The number of aromatic nitrogens is 1. The fourth-order valence-corrected chi connectivity index (χ4v) is 4.68. The predicted molar refractivity (Wildman–Crippen MR) is 133 cm³/mol. The van der Waals surface area contributed by atoms with Gasteiger partial charge in [0.25, 0.3) is 5.91 Å². The monoisotopic (exact) mass is 501 g/mol. The highest BCUT2D eigenvalue weighted by atomic mass is 35.5. The zero-order valence-electron chi connectivity index (χ0n) is 19.0. The maximum Gasteiger partial charge on any atom is 0.338 e. The molecule has 2 aromatic carbocycles. The molecule has 7 nitrogen and oxygen atoms in total. The van der Waals surface area contributed by atoms with E-state index in [9.17, 15) is 9.59 Å². The zero-order chi connectivity index (χ0) is 24.2. The summed E-state index contributed by atoms with van der Waals surface area (Å²) >= 11 is 12.7. The first-order chi connectivity index (χ1) is 16.4. The van der Waals surface area contributed by atoms with Gasteiger partial charge >= 0.3 is 5.97 Å². The van der Waals surface area contributed by atoms with Crippen molar-refractivity contribution in [3.8, 4) is 11.3 Å². The summed E-state index contributed by atoms with van der Waals surface area (Å²) in [5.74, 6) is -0.568. The molecular weight excluding hydrogens is 477 g/mol. The Balaban J connectivity index is 1.73. The van der Waals surface area contributed by atoms with Crippen molar-refractivity contribution in [2.45, 2.75) is 33.1 Å². The van der Waals surface area contributed by atoms with E-state index in [-0.39, 0.29) is 17.9 Å². The van der Waals surface area contributed by atoms with Crippen LogP contribution in [0.25, 0.3) is 11.3 Å². The van der Waals surface area contributed by atoms with E-state index >= 15 is 0 Å². The molecule has 0 atom stereocenters. The minimum absolute atomic E-state index is 0.223. The van der Waals surface area contributed by atoms with Gasteiger partial charge in [0.2, 0.25) is 0 Å². The summed E-state index contributed by atoms with van der Waals surface area (Å²) in [6.45, 7) is 5.40. The number of esters is 1. The third kappa shape index (κ3) is 4.91. The standard InChI is InChI=1S/C25H25Cl2N3O4/c1-3-33-25(32)16-10-11-20(30-12-5-4-6-13-30)19(14-16)28-24(31)21-15(2)34-29-23(21)22-17(26)8-7-9-18(22)27/h7-11,14H,3-6,12-13H2,1-2H3,(H,28,31). The van der Waals surface area contributed by atoms with Crippen LogP contribution in [0.5, 0.6) is 0 Å². The Morgan fingerprint density at radius 1 is 1.12 bits per heavy atom. The molecule has 2 heterocycles. The lowest BCUT2D eigenvalue weighted by atomic mass is 10.0. The van der Waals surface area contributed by atoms with Gasteiger partial charge in [-0.3, -0.25) is 4.79 Å².